The molecule has 0 spiro atoms. The summed E-state index contributed by atoms with van der Waals surface area (Å²) in [7, 11) is -0.435. The molecular formula is C21H25NO4S. The predicted octanol–water partition coefficient (Wildman–Crippen LogP) is 3.88. The maximum atomic E-state index is 13.3. The Labute approximate surface area is 161 Å². The second kappa shape index (κ2) is 7.74. The highest BCUT2D eigenvalue weighted by Gasteiger charge is 2.36. The van der Waals surface area contributed by atoms with E-state index in [1.165, 1.54) is 0 Å². The van der Waals surface area contributed by atoms with Crippen LogP contribution in [0.1, 0.15) is 29.2 Å². The molecule has 2 aromatic rings. The molecule has 2 aromatic carbocycles. The topological polar surface area (TPSA) is 55.8 Å². The van der Waals surface area contributed by atoms with Gasteiger partial charge in [0.2, 0.25) is 10.0 Å². The molecule has 0 saturated heterocycles. The van der Waals surface area contributed by atoms with Gasteiger partial charge in [0.25, 0.3) is 0 Å². The van der Waals surface area contributed by atoms with Crippen LogP contribution in [0, 0.1) is 6.92 Å². The van der Waals surface area contributed by atoms with Gasteiger partial charge in [0.15, 0.2) is 11.5 Å². The van der Waals surface area contributed by atoms with E-state index in [2.05, 4.69) is 6.58 Å². The van der Waals surface area contributed by atoms with Crippen LogP contribution in [0.5, 0.6) is 11.5 Å². The SMILES string of the molecule is C=CCC1c2cc(OC)c(OC)cc2CCN1S(=O)(=O)c1ccc(C)cc1. The third-order valence-electron chi connectivity index (χ3n) is 4.97. The van der Waals surface area contributed by atoms with Crippen LogP contribution in [-0.2, 0) is 16.4 Å². The van der Waals surface area contributed by atoms with Gasteiger partial charge in [0.05, 0.1) is 25.2 Å². The lowest BCUT2D eigenvalue weighted by atomic mass is 9.92. The monoisotopic (exact) mass is 387 g/mol. The van der Waals surface area contributed by atoms with Crippen LogP contribution >= 0.6 is 0 Å². The van der Waals surface area contributed by atoms with Gasteiger partial charge in [-0.1, -0.05) is 23.8 Å². The fraction of sp³-hybridized carbons (Fsp3) is 0.333. The van der Waals surface area contributed by atoms with Gasteiger partial charge in [-0.15, -0.1) is 6.58 Å². The average Bonchev–Trinajstić information content (AvgIpc) is 2.67. The van der Waals surface area contributed by atoms with Crippen molar-refractivity contribution < 1.29 is 17.9 Å². The zero-order valence-electron chi connectivity index (χ0n) is 15.9. The van der Waals surface area contributed by atoms with Gasteiger partial charge >= 0.3 is 0 Å². The lowest BCUT2D eigenvalue weighted by Crippen LogP contribution is -2.40. The highest BCUT2D eigenvalue weighted by atomic mass is 32.2. The van der Waals surface area contributed by atoms with Crippen LogP contribution in [0.25, 0.3) is 0 Å². The number of sulfonamides is 1. The van der Waals surface area contributed by atoms with Crippen molar-refractivity contribution in [1.82, 2.24) is 4.31 Å². The summed E-state index contributed by atoms with van der Waals surface area (Å²) in [5.74, 6) is 1.25. The largest absolute Gasteiger partial charge is 0.493 e. The van der Waals surface area contributed by atoms with Gasteiger partial charge in [-0.3, -0.25) is 0 Å². The molecule has 1 aliphatic heterocycles. The first kappa shape index (κ1) is 19.5. The Morgan fingerprint density at radius 1 is 1.15 bits per heavy atom. The second-order valence-electron chi connectivity index (χ2n) is 6.62. The Balaban J connectivity index is 2.08. The molecule has 0 amide bonds. The van der Waals surface area contributed by atoms with E-state index in [4.69, 9.17) is 9.47 Å². The molecule has 1 atom stereocenters. The van der Waals surface area contributed by atoms with E-state index in [9.17, 15) is 8.42 Å². The van der Waals surface area contributed by atoms with E-state index >= 15 is 0 Å². The Morgan fingerprint density at radius 2 is 1.78 bits per heavy atom. The second-order valence-corrected chi connectivity index (χ2v) is 8.52. The third-order valence-corrected chi connectivity index (χ3v) is 6.89. The van der Waals surface area contributed by atoms with Crippen molar-refractivity contribution in [3.63, 3.8) is 0 Å². The molecular weight excluding hydrogens is 362 g/mol. The van der Waals surface area contributed by atoms with E-state index < -0.39 is 10.0 Å². The molecule has 1 heterocycles. The van der Waals surface area contributed by atoms with Crippen molar-refractivity contribution in [1.29, 1.82) is 0 Å². The standard InChI is InChI=1S/C21H25NO4S/c1-5-6-19-18-14-21(26-4)20(25-3)13-16(18)11-12-22(19)27(23,24)17-9-7-15(2)8-10-17/h5,7-10,13-14,19H,1,6,11-12H2,2-4H3. The molecule has 0 N–H and O–H groups in total. The maximum Gasteiger partial charge on any atom is 0.243 e. The van der Waals surface area contributed by atoms with Crippen molar-refractivity contribution >= 4 is 10.0 Å². The zero-order chi connectivity index (χ0) is 19.6. The summed E-state index contributed by atoms with van der Waals surface area (Å²) < 4.78 is 39.0. The quantitative estimate of drug-likeness (QED) is 0.706. The highest BCUT2D eigenvalue weighted by molar-refractivity contribution is 7.89. The summed E-state index contributed by atoms with van der Waals surface area (Å²) in [4.78, 5) is 0.311. The van der Waals surface area contributed by atoms with E-state index in [1.807, 2.05) is 31.2 Å². The van der Waals surface area contributed by atoms with Crippen molar-refractivity contribution in [2.45, 2.75) is 30.7 Å². The van der Waals surface area contributed by atoms with Gasteiger partial charge in [0, 0.05) is 6.54 Å². The first-order valence-electron chi connectivity index (χ1n) is 8.86. The van der Waals surface area contributed by atoms with Crippen molar-refractivity contribution in [2.24, 2.45) is 0 Å². The highest BCUT2D eigenvalue weighted by Crippen LogP contribution is 2.41. The number of rotatable bonds is 6. The number of nitrogens with zero attached hydrogens (tertiary/aromatic N) is 1. The lowest BCUT2D eigenvalue weighted by Gasteiger charge is -2.36. The van der Waals surface area contributed by atoms with Crippen LogP contribution < -0.4 is 9.47 Å². The molecule has 27 heavy (non-hydrogen) atoms. The number of hydrogen-bond acceptors (Lipinski definition) is 4. The van der Waals surface area contributed by atoms with E-state index in [-0.39, 0.29) is 6.04 Å². The molecule has 6 heteroatoms. The van der Waals surface area contributed by atoms with Crippen LogP contribution in [0.2, 0.25) is 0 Å². The number of ether oxygens (including phenoxy) is 2. The third kappa shape index (κ3) is 3.59. The summed E-state index contributed by atoms with van der Waals surface area (Å²) in [5.41, 5.74) is 3.04. The van der Waals surface area contributed by atoms with Crippen LogP contribution in [0.15, 0.2) is 53.9 Å². The number of hydrogen-bond donors (Lipinski definition) is 0. The molecule has 0 radical (unpaired) electrons. The maximum absolute atomic E-state index is 13.3. The Kier molecular flexibility index (Phi) is 5.58. The molecule has 144 valence electrons. The minimum absolute atomic E-state index is 0.311. The smallest absolute Gasteiger partial charge is 0.243 e. The summed E-state index contributed by atoms with van der Waals surface area (Å²) in [6, 6.07) is 10.5. The normalized spacial score (nSPS) is 17.2. The number of fused-ring (bicyclic) bond motifs is 1. The fourth-order valence-electron chi connectivity index (χ4n) is 3.54. The molecule has 0 saturated carbocycles. The van der Waals surface area contributed by atoms with Crippen LogP contribution in [-0.4, -0.2) is 33.5 Å². The fourth-order valence-corrected chi connectivity index (χ4v) is 5.16. The Morgan fingerprint density at radius 3 is 2.37 bits per heavy atom. The van der Waals surface area contributed by atoms with E-state index in [1.54, 1.807) is 36.7 Å². The summed E-state index contributed by atoms with van der Waals surface area (Å²) in [6.07, 6.45) is 2.90. The number of methoxy groups -OCH3 is 2. The summed E-state index contributed by atoms with van der Waals surface area (Å²) in [6.45, 7) is 6.18. The molecule has 0 aliphatic carbocycles. The van der Waals surface area contributed by atoms with E-state index in [0.29, 0.717) is 35.8 Å². The van der Waals surface area contributed by atoms with Gasteiger partial charge in [-0.2, -0.15) is 4.31 Å². The molecule has 1 aliphatic rings. The van der Waals surface area contributed by atoms with Gasteiger partial charge in [0.1, 0.15) is 0 Å². The molecule has 1 unspecified atom stereocenters. The van der Waals surface area contributed by atoms with Crippen LogP contribution in [0.4, 0.5) is 0 Å². The first-order chi connectivity index (χ1) is 12.9. The van der Waals surface area contributed by atoms with Gasteiger partial charge in [-0.05, 0) is 55.2 Å². The molecule has 0 aromatic heterocycles. The minimum Gasteiger partial charge on any atom is -0.493 e. The zero-order valence-corrected chi connectivity index (χ0v) is 16.8. The summed E-state index contributed by atoms with van der Waals surface area (Å²) in [5, 5.41) is 0. The number of benzene rings is 2. The summed E-state index contributed by atoms with van der Waals surface area (Å²) >= 11 is 0. The Bertz CT molecular complexity index is 935. The Hall–Kier alpha value is -2.31. The van der Waals surface area contributed by atoms with Gasteiger partial charge in [-0.25, -0.2) is 8.42 Å². The number of aryl methyl sites for hydroxylation is 1. The first-order valence-corrected chi connectivity index (χ1v) is 10.3. The average molecular weight is 388 g/mol. The molecule has 5 nitrogen and oxygen atoms in total. The van der Waals surface area contributed by atoms with Crippen molar-refractivity contribution in [3.05, 3.63) is 65.7 Å². The van der Waals surface area contributed by atoms with Crippen molar-refractivity contribution in [2.75, 3.05) is 20.8 Å². The molecule has 3 rings (SSSR count). The lowest BCUT2D eigenvalue weighted by molar-refractivity contribution is 0.304. The van der Waals surface area contributed by atoms with E-state index in [0.717, 1.165) is 16.7 Å². The molecule has 0 bridgehead atoms. The predicted molar refractivity (Wildman–Crippen MR) is 106 cm³/mol. The van der Waals surface area contributed by atoms with Crippen LogP contribution in [0.3, 0.4) is 0 Å². The molecule has 0 fully saturated rings. The van der Waals surface area contributed by atoms with Gasteiger partial charge < -0.3 is 9.47 Å². The minimum atomic E-state index is -3.61. The van der Waals surface area contributed by atoms with Crippen molar-refractivity contribution in [3.8, 4) is 11.5 Å².